The van der Waals surface area contributed by atoms with Gasteiger partial charge >= 0.3 is 5.97 Å². The molecule has 1 aliphatic rings. The van der Waals surface area contributed by atoms with Crippen LogP contribution in [0, 0.1) is 11.7 Å². The second kappa shape index (κ2) is 6.08. The zero-order valence-corrected chi connectivity index (χ0v) is 12.9. The molecule has 116 valence electrons. The van der Waals surface area contributed by atoms with Gasteiger partial charge in [-0.3, -0.25) is 9.78 Å². The van der Waals surface area contributed by atoms with Gasteiger partial charge in [0.25, 0.3) is 0 Å². The Hall–Kier alpha value is -1.88. The summed E-state index contributed by atoms with van der Waals surface area (Å²) in [6.45, 7) is 1.16. The van der Waals surface area contributed by atoms with E-state index in [1.807, 2.05) is 4.90 Å². The van der Waals surface area contributed by atoms with E-state index in [1.165, 1.54) is 13.3 Å². The number of pyridine rings is 1. The molecule has 2 heterocycles. The number of benzene rings is 1. The van der Waals surface area contributed by atoms with E-state index in [1.54, 1.807) is 18.2 Å². The zero-order valence-electron chi connectivity index (χ0n) is 12.2. The minimum Gasteiger partial charge on any atom is -0.469 e. The molecule has 1 aromatic heterocycles. The molecule has 0 saturated carbocycles. The second-order valence-corrected chi connectivity index (χ2v) is 5.80. The molecular formula is C16H16ClFN2O2. The van der Waals surface area contributed by atoms with Gasteiger partial charge in [-0.1, -0.05) is 11.6 Å². The lowest BCUT2D eigenvalue weighted by Gasteiger charge is -2.33. The van der Waals surface area contributed by atoms with Crippen LogP contribution in [0.2, 0.25) is 5.02 Å². The molecule has 1 fully saturated rings. The molecule has 3 rings (SSSR count). The van der Waals surface area contributed by atoms with E-state index in [2.05, 4.69) is 4.98 Å². The highest BCUT2D eigenvalue weighted by Gasteiger charge is 2.28. The Morgan fingerprint density at radius 2 is 2.27 bits per heavy atom. The molecule has 1 saturated heterocycles. The van der Waals surface area contributed by atoms with Crippen LogP contribution < -0.4 is 4.90 Å². The zero-order chi connectivity index (χ0) is 15.7. The van der Waals surface area contributed by atoms with E-state index < -0.39 is 5.82 Å². The van der Waals surface area contributed by atoms with Crippen molar-refractivity contribution in [3.05, 3.63) is 35.2 Å². The first-order valence-corrected chi connectivity index (χ1v) is 7.55. The fourth-order valence-corrected chi connectivity index (χ4v) is 3.15. The lowest BCUT2D eigenvalue weighted by atomic mass is 9.97. The summed E-state index contributed by atoms with van der Waals surface area (Å²) in [7, 11) is 1.38. The number of nitrogens with zero attached hydrogens (tertiary/aromatic N) is 2. The summed E-state index contributed by atoms with van der Waals surface area (Å²) < 4.78 is 19.6. The van der Waals surface area contributed by atoms with Gasteiger partial charge in [0.15, 0.2) is 5.82 Å². The Labute approximate surface area is 132 Å². The normalized spacial score (nSPS) is 18.5. The summed E-state index contributed by atoms with van der Waals surface area (Å²) in [5.74, 6) is -0.862. The number of hydrogen-bond donors (Lipinski definition) is 0. The molecule has 4 nitrogen and oxygen atoms in total. The number of carbonyl (C=O) groups excluding carboxylic acids is 1. The quantitative estimate of drug-likeness (QED) is 0.795. The van der Waals surface area contributed by atoms with Crippen molar-refractivity contribution in [2.75, 3.05) is 25.1 Å². The van der Waals surface area contributed by atoms with Gasteiger partial charge in [0.2, 0.25) is 0 Å². The Balaban J connectivity index is 1.96. The third-order valence-electron chi connectivity index (χ3n) is 4.07. The average molecular weight is 323 g/mol. The molecule has 22 heavy (non-hydrogen) atoms. The molecule has 6 heteroatoms. The maximum atomic E-state index is 14.8. The van der Waals surface area contributed by atoms with Crippen LogP contribution in [0.5, 0.6) is 0 Å². The van der Waals surface area contributed by atoms with Crippen molar-refractivity contribution in [1.29, 1.82) is 0 Å². The Bertz CT molecular complexity index is 723. The number of hydrogen-bond acceptors (Lipinski definition) is 4. The lowest BCUT2D eigenvalue weighted by molar-refractivity contribution is -0.145. The molecule has 0 unspecified atom stereocenters. The smallest absolute Gasteiger partial charge is 0.310 e. The predicted octanol–water partition coefficient (Wildman–Crippen LogP) is 3.42. The number of aromatic nitrogens is 1. The van der Waals surface area contributed by atoms with Crippen LogP contribution in [-0.2, 0) is 9.53 Å². The van der Waals surface area contributed by atoms with Crippen molar-refractivity contribution < 1.29 is 13.9 Å². The van der Waals surface area contributed by atoms with Crippen molar-refractivity contribution in [2.24, 2.45) is 5.92 Å². The number of fused-ring (bicyclic) bond motifs is 1. The fourth-order valence-electron chi connectivity index (χ4n) is 2.94. The summed E-state index contributed by atoms with van der Waals surface area (Å²) in [4.78, 5) is 17.7. The molecule has 1 aromatic carbocycles. The van der Waals surface area contributed by atoms with Crippen LogP contribution in [-0.4, -0.2) is 31.2 Å². The first-order valence-electron chi connectivity index (χ1n) is 7.17. The molecule has 0 bridgehead atoms. The van der Waals surface area contributed by atoms with Crippen molar-refractivity contribution in [2.45, 2.75) is 12.8 Å². The minimum atomic E-state index is -0.398. The second-order valence-electron chi connectivity index (χ2n) is 5.40. The highest BCUT2D eigenvalue weighted by atomic mass is 35.5. The summed E-state index contributed by atoms with van der Waals surface area (Å²) >= 11 is 6.07. The average Bonchev–Trinajstić information content (AvgIpc) is 2.55. The van der Waals surface area contributed by atoms with E-state index in [9.17, 15) is 9.18 Å². The molecule has 0 N–H and O–H groups in total. The van der Waals surface area contributed by atoms with Gasteiger partial charge in [-0.05, 0) is 31.0 Å². The van der Waals surface area contributed by atoms with Crippen LogP contribution in [0.25, 0.3) is 10.9 Å². The topological polar surface area (TPSA) is 42.4 Å². The van der Waals surface area contributed by atoms with Gasteiger partial charge in [0.05, 0.1) is 23.7 Å². The van der Waals surface area contributed by atoms with Crippen LogP contribution in [0.3, 0.4) is 0 Å². The Morgan fingerprint density at radius 1 is 1.45 bits per heavy atom. The summed E-state index contributed by atoms with van der Waals surface area (Å²) in [6, 6.07) is 5.10. The van der Waals surface area contributed by atoms with E-state index in [-0.39, 0.29) is 17.4 Å². The highest BCUT2D eigenvalue weighted by Crippen LogP contribution is 2.32. The SMILES string of the molecule is COC(=O)[C@H]1CCCN(c2ccc3c(Cl)ccnc3c2F)C1. The number of piperidine rings is 1. The maximum Gasteiger partial charge on any atom is 0.310 e. The standard InChI is InChI=1S/C16H16ClFN2O2/c1-22-16(21)10-3-2-8-20(9-10)13-5-4-11-12(17)6-7-19-15(11)14(13)18/h4-7,10H,2-3,8-9H2,1H3/t10-/m0/s1. The largest absolute Gasteiger partial charge is 0.469 e. The van der Waals surface area contributed by atoms with Crippen LogP contribution in [0.1, 0.15) is 12.8 Å². The van der Waals surface area contributed by atoms with E-state index in [0.717, 1.165) is 12.8 Å². The number of halogens is 2. The van der Waals surface area contributed by atoms with E-state index >= 15 is 0 Å². The molecule has 0 amide bonds. The minimum absolute atomic E-state index is 0.221. The van der Waals surface area contributed by atoms with Crippen LogP contribution >= 0.6 is 11.6 Å². The number of anilines is 1. The summed E-state index contributed by atoms with van der Waals surface area (Å²) in [6.07, 6.45) is 3.08. The van der Waals surface area contributed by atoms with Crippen LogP contribution in [0.15, 0.2) is 24.4 Å². The monoisotopic (exact) mass is 322 g/mol. The van der Waals surface area contributed by atoms with Crippen molar-refractivity contribution in [3.63, 3.8) is 0 Å². The van der Waals surface area contributed by atoms with Crippen LogP contribution in [0.4, 0.5) is 10.1 Å². The van der Waals surface area contributed by atoms with Crippen molar-refractivity contribution in [3.8, 4) is 0 Å². The fraction of sp³-hybridized carbons (Fsp3) is 0.375. The maximum absolute atomic E-state index is 14.8. The first kappa shape index (κ1) is 15.0. The van der Waals surface area contributed by atoms with Gasteiger partial charge in [0.1, 0.15) is 5.52 Å². The molecule has 1 atom stereocenters. The molecule has 1 aliphatic heterocycles. The summed E-state index contributed by atoms with van der Waals surface area (Å²) in [5, 5.41) is 1.06. The van der Waals surface area contributed by atoms with Gasteiger partial charge in [-0.25, -0.2) is 4.39 Å². The number of methoxy groups -OCH3 is 1. The molecular weight excluding hydrogens is 307 g/mol. The predicted molar refractivity (Wildman–Crippen MR) is 83.7 cm³/mol. The molecule has 2 aromatic rings. The molecule has 0 radical (unpaired) electrons. The van der Waals surface area contributed by atoms with E-state index in [4.69, 9.17) is 16.3 Å². The van der Waals surface area contributed by atoms with Gasteiger partial charge in [-0.15, -0.1) is 0 Å². The van der Waals surface area contributed by atoms with Gasteiger partial charge in [-0.2, -0.15) is 0 Å². The lowest BCUT2D eigenvalue weighted by Crippen LogP contribution is -2.39. The number of esters is 1. The molecule has 0 aliphatic carbocycles. The Kier molecular flexibility index (Phi) is 4.16. The summed E-state index contributed by atoms with van der Waals surface area (Å²) in [5.41, 5.74) is 0.709. The van der Waals surface area contributed by atoms with Crippen molar-refractivity contribution in [1.82, 2.24) is 4.98 Å². The number of ether oxygens (including phenoxy) is 1. The molecule has 0 spiro atoms. The number of carbonyl (C=O) groups is 1. The Morgan fingerprint density at radius 3 is 3.05 bits per heavy atom. The van der Waals surface area contributed by atoms with Crippen molar-refractivity contribution >= 4 is 34.2 Å². The van der Waals surface area contributed by atoms with Gasteiger partial charge in [0, 0.05) is 24.7 Å². The van der Waals surface area contributed by atoms with E-state index in [0.29, 0.717) is 29.2 Å². The first-order chi connectivity index (χ1) is 10.6. The highest BCUT2D eigenvalue weighted by molar-refractivity contribution is 6.35. The third kappa shape index (κ3) is 2.61. The van der Waals surface area contributed by atoms with Gasteiger partial charge < -0.3 is 9.64 Å². The third-order valence-corrected chi connectivity index (χ3v) is 4.40. The number of rotatable bonds is 2.